The van der Waals surface area contributed by atoms with Crippen molar-refractivity contribution < 1.29 is 13.2 Å². The molecule has 0 unspecified atom stereocenters. The zero-order chi connectivity index (χ0) is 9.90. The fourth-order valence-corrected chi connectivity index (χ4v) is 2.06. The van der Waals surface area contributed by atoms with Crippen molar-refractivity contribution in [2.24, 2.45) is 0 Å². The number of sulfonamides is 1. The molecule has 7 heteroatoms. The lowest BCUT2D eigenvalue weighted by Gasteiger charge is -2.00. The molecule has 1 N–H and O–H groups in total. The lowest BCUT2D eigenvalue weighted by molar-refractivity contribution is 0.0982. The number of hydrogen-bond acceptors (Lipinski definition) is 4. The van der Waals surface area contributed by atoms with E-state index in [2.05, 4.69) is 15.9 Å². The first-order valence-corrected chi connectivity index (χ1v) is 6.90. The number of hydrogen-bond donors (Lipinski definition) is 1. The predicted molar refractivity (Wildman–Crippen MR) is 54.5 cm³/mol. The molecule has 0 aliphatic rings. The summed E-state index contributed by atoms with van der Waals surface area (Å²) in [5.74, 6) is -0.597. The van der Waals surface area contributed by atoms with Crippen molar-refractivity contribution >= 4 is 43.2 Å². The topological polar surface area (TPSA) is 63.2 Å². The van der Waals surface area contributed by atoms with Crippen molar-refractivity contribution in [1.82, 2.24) is 4.72 Å². The van der Waals surface area contributed by atoms with Gasteiger partial charge in [0.15, 0.2) is 0 Å². The molecular weight excluding hydrogens is 278 g/mol. The molecule has 0 bridgehead atoms. The highest BCUT2D eigenvalue weighted by atomic mass is 79.9. The van der Waals surface area contributed by atoms with Gasteiger partial charge < -0.3 is 0 Å². The van der Waals surface area contributed by atoms with Gasteiger partial charge in [0.25, 0.3) is 5.91 Å². The summed E-state index contributed by atoms with van der Waals surface area (Å²) in [5, 5.41) is 3.29. The minimum Gasteiger partial charge on any atom is -0.268 e. The molecule has 0 aliphatic heterocycles. The van der Waals surface area contributed by atoms with E-state index >= 15 is 0 Å². The maximum absolute atomic E-state index is 11.2. The Labute approximate surface area is 88.1 Å². The van der Waals surface area contributed by atoms with Gasteiger partial charge in [-0.05, 0) is 11.4 Å². The van der Waals surface area contributed by atoms with E-state index in [9.17, 15) is 13.2 Å². The van der Waals surface area contributed by atoms with Crippen molar-refractivity contribution in [3.05, 3.63) is 22.4 Å². The molecule has 1 aromatic heterocycles. The smallest absolute Gasteiger partial charge is 0.265 e. The Bertz CT molecular complexity index is 384. The molecule has 0 saturated heterocycles. The molecule has 0 aliphatic carbocycles. The zero-order valence-corrected chi connectivity index (χ0v) is 9.58. The molecule has 0 atom stereocenters. The monoisotopic (exact) mass is 283 g/mol. The van der Waals surface area contributed by atoms with Gasteiger partial charge in [0.05, 0.1) is 5.56 Å². The molecule has 72 valence electrons. The van der Waals surface area contributed by atoms with Gasteiger partial charge >= 0.3 is 0 Å². The van der Waals surface area contributed by atoms with E-state index in [1.54, 1.807) is 16.8 Å². The Balaban J connectivity index is 2.73. The summed E-state index contributed by atoms with van der Waals surface area (Å²) in [6, 6.07) is 1.56. The number of carbonyl (C=O) groups excluding carboxylic acids is 1. The van der Waals surface area contributed by atoms with Crippen LogP contribution in [-0.4, -0.2) is 19.0 Å². The highest BCUT2D eigenvalue weighted by Crippen LogP contribution is 2.06. The van der Waals surface area contributed by atoms with E-state index in [0.29, 0.717) is 5.56 Å². The van der Waals surface area contributed by atoms with Gasteiger partial charge in [-0.1, -0.05) is 15.9 Å². The van der Waals surface area contributed by atoms with Crippen LogP contribution in [0.4, 0.5) is 0 Å². The van der Waals surface area contributed by atoms with Gasteiger partial charge in [-0.3, -0.25) is 4.79 Å². The third-order valence-electron chi connectivity index (χ3n) is 1.18. The second-order valence-corrected chi connectivity index (χ2v) is 5.97. The van der Waals surface area contributed by atoms with Crippen LogP contribution in [0, 0.1) is 0 Å². The molecule has 0 spiro atoms. The molecule has 0 radical (unpaired) electrons. The summed E-state index contributed by atoms with van der Waals surface area (Å²) < 4.78 is 23.5. The van der Waals surface area contributed by atoms with Crippen LogP contribution < -0.4 is 4.72 Å². The van der Waals surface area contributed by atoms with E-state index in [1.165, 1.54) is 11.3 Å². The number of thiophene rings is 1. The molecule has 1 amide bonds. The summed E-state index contributed by atoms with van der Waals surface area (Å²) in [5.41, 5.74) is 0.356. The van der Waals surface area contributed by atoms with Crippen LogP contribution in [0.15, 0.2) is 16.8 Å². The van der Waals surface area contributed by atoms with Crippen LogP contribution in [0.5, 0.6) is 0 Å². The molecule has 4 nitrogen and oxygen atoms in total. The molecule has 1 heterocycles. The van der Waals surface area contributed by atoms with Crippen molar-refractivity contribution in [1.29, 1.82) is 0 Å². The van der Waals surface area contributed by atoms with Crippen molar-refractivity contribution in [3.63, 3.8) is 0 Å². The van der Waals surface area contributed by atoms with Gasteiger partial charge in [0.2, 0.25) is 10.0 Å². The van der Waals surface area contributed by atoms with E-state index in [1.807, 2.05) is 4.72 Å². The van der Waals surface area contributed by atoms with Gasteiger partial charge in [0, 0.05) is 5.38 Å². The molecule has 1 aromatic rings. The molecule has 1 rings (SSSR count). The Morgan fingerprint density at radius 1 is 1.62 bits per heavy atom. The first-order valence-electron chi connectivity index (χ1n) is 3.18. The fraction of sp³-hybridized carbons (Fsp3) is 0.167. The predicted octanol–water partition coefficient (Wildman–Crippen LogP) is 1.16. The van der Waals surface area contributed by atoms with Crippen LogP contribution in [0.25, 0.3) is 0 Å². The molecule has 0 saturated carbocycles. The number of nitrogens with one attached hydrogen (secondary N) is 1. The molecule has 13 heavy (non-hydrogen) atoms. The van der Waals surface area contributed by atoms with Gasteiger partial charge in [-0.2, -0.15) is 11.3 Å². The third kappa shape index (κ3) is 3.09. The van der Waals surface area contributed by atoms with E-state index in [-0.39, 0.29) is 4.66 Å². The Morgan fingerprint density at radius 3 is 2.77 bits per heavy atom. The van der Waals surface area contributed by atoms with Gasteiger partial charge in [0.1, 0.15) is 4.66 Å². The van der Waals surface area contributed by atoms with E-state index in [4.69, 9.17) is 0 Å². The van der Waals surface area contributed by atoms with E-state index < -0.39 is 15.9 Å². The molecule has 0 fully saturated rings. The minimum absolute atomic E-state index is 0.282. The lowest BCUT2D eigenvalue weighted by Crippen LogP contribution is -2.30. The Hall–Kier alpha value is -0.400. The third-order valence-corrected chi connectivity index (χ3v) is 4.45. The summed E-state index contributed by atoms with van der Waals surface area (Å²) in [6.07, 6.45) is 0. The minimum atomic E-state index is -3.52. The molecular formula is C6H6BrNO3S2. The van der Waals surface area contributed by atoms with E-state index in [0.717, 1.165) is 0 Å². The maximum atomic E-state index is 11.2. The quantitative estimate of drug-likeness (QED) is 0.847. The number of rotatable bonds is 3. The van der Waals surface area contributed by atoms with Crippen LogP contribution >= 0.6 is 27.3 Å². The van der Waals surface area contributed by atoms with Crippen LogP contribution in [0.1, 0.15) is 10.4 Å². The average molecular weight is 284 g/mol. The summed E-state index contributed by atoms with van der Waals surface area (Å²) in [7, 11) is -3.52. The first kappa shape index (κ1) is 10.7. The largest absolute Gasteiger partial charge is 0.268 e. The van der Waals surface area contributed by atoms with Crippen LogP contribution in [0.3, 0.4) is 0 Å². The van der Waals surface area contributed by atoms with Crippen LogP contribution in [0.2, 0.25) is 0 Å². The van der Waals surface area contributed by atoms with Crippen molar-refractivity contribution in [2.45, 2.75) is 0 Å². The highest BCUT2D eigenvalue weighted by Gasteiger charge is 2.14. The second kappa shape index (κ2) is 4.21. The average Bonchev–Trinajstić information content (AvgIpc) is 2.55. The summed E-state index contributed by atoms with van der Waals surface area (Å²) in [6.45, 7) is 0. The van der Waals surface area contributed by atoms with Crippen molar-refractivity contribution in [3.8, 4) is 0 Å². The number of carbonyl (C=O) groups is 1. The van der Waals surface area contributed by atoms with Gasteiger partial charge in [-0.15, -0.1) is 0 Å². The SMILES string of the molecule is O=C(NS(=O)(=O)CBr)c1ccsc1. The number of amides is 1. The number of halogens is 1. The maximum Gasteiger partial charge on any atom is 0.265 e. The van der Waals surface area contributed by atoms with Crippen LogP contribution in [-0.2, 0) is 10.0 Å². The molecule has 0 aromatic carbocycles. The van der Waals surface area contributed by atoms with Gasteiger partial charge in [-0.25, -0.2) is 13.1 Å². The highest BCUT2D eigenvalue weighted by molar-refractivity contribution is 9.10. The standard InChI is InChI=1S/C6H6BrNO3S2/c7-4-13(10,11)8-6(9)5-1-2-12-3-5/h1-3H,4H2,(H,8,9). The first-order chi connectivity index (χ1) is 6.05. The number of alkyl halides is 1. The zero-order valence-electron chi connectivity index (χ0n) is 6.36. The normalized spacial score (nSPS) is 11.2. The lowest BCUT2D eigenvalue weighted by atomic mass is 10.3. The Morgan fingerprint density at radius 2 is 2.31 bits per heavy atom. The second-order valence-electron chi connectivity index (χ2n) is 2.17. The fourth-order valence-electron chi connectivity index (χ4n) is 0.621. The summed E-state index contributed by atoms with van der Waals surface area (Å²) in [4.78, 5) is 11.2. The summed E-state index contributed by atoms with van der Waals surface area (Å²) >= 11 is 4.10. The Kier molecular flexibility index (Phi) is 3.46. The van der Waals surface area contributed by atoms with Crippen molar-refractivity contribution in [2.75, 3.05) is 4.66 Å².